The summed E-state index contributed by atoms with van der Waals surface area (Å²) in [4.78, 5) is 12.2. The molecule has 2 aromatic carbocycles. The Morgan fingerprint density at radius 1 is 1.11 bits per heavy atom. The third-order valence-electron chi connectivity index (χ3n) is 4.05. The van der Waals surface area contributed by atoms with Gasteiger partial charge in [0.05, 0.1) is 5.75 Å². The highest BCUT2D eigenvalue weighted by Crippen LogP contribution is 2.20. The molecule has 0 spiro atoms. The summed E-state index contributed by atoms with van der Waals surface area (Å²) in [6, 6.07) is 15.5. The number of aryl methyl sites for hydroxylation is 1. The Balaban J connectivity index is 1.61. The van der Waals surface area contributed by atoms with Crippen LogP contribution in [0.5, 0.6) is 0 Å². The fourth-order valence-corrected chi connectivity index (χ4v) is 3.57. The van der Waals surface area contributed by atoms with Crippen LogP contribution in [-0.4, -0.2) is 26.4 Å². The van der Waals surface area contributed by atoms with E-state index in [0.717, 1.165) is 34.3 Å². The molecule has 0 aliphatic heterocycles. The Morgan fingerprint density at radius 3 is 2.48 bits per heavy atom. The molecule has 3 rings (SSSR count). The Labute approximate surface area is 168 Å². The maximum Gasteiger partial charge on any atom is 0.234 e. The SMILES string of the molecule is CCn1c(Cc2ccc(Cl)cc2)nnc1SCC(=O)Nc1ccc(C)cc1. The minimum absolute atomic E-state index is 0.0613. The molecule has 0 aliphatic carbocycles. The zero-order valence-electron chi connectivity index (χ0n) is 15.3. The molecule has 0 aliphatic rings. The minimum Gasteiger partial charge on any atom is -0.325 e. The molecule has 0 unspecified atom stereocenters. The van der Waals surface area contributed by atoms with Crippen molar-refractivity contribution in [3.63, 3.8) is 0 Å². The number of hydrogen-bond donors (Lipinski definition) is 1. The summed E-state index contributed by atoms with van der Waals surface area (Å²) in [5.74, 6) is 1.10. The predicted molar refractivity (Wildman–Crippen MR) is 110 cm³/mol. The normalized spacial score (nSPS) is 10.8. The largest absolute Gasteiger partial charge is 0.325 e. The average Bonchev–Trinajstić information content (AvgIpc) is 3.05. The summed E-state index contributed by atoms with van der Waals surface area (Å²) >= 11 is 7.33. The lowest BCUT2D eigenvalue weighted by molar-refractivity contribution is -0.113. The van der Waals surface area contributed by atoms with Crippen molar-refractivity contribution in [2.24, 2.45) is 0 Å². The Kier molecular flexibility index (Phi) is 6.53. The summed E-state index contributed by atoms with van der Waals surface area (Å²) in [5.41, 5.74) is 3.08. The fraction of sp³-hybridized carbons (Fsp3) is 0.250. The second kappa shape index (κ2) is 9.06. The van der Waals surface area contributed by atoms with E-state index in [1.807, 2.05) is 66.9 Å². The van der Waals surface area contributed by atoms with Crippen LogP contribution in [0.4, 0.5) is 5.69 Å². The number of benzene rings is 2. The van der Waals surface area contributed by atoms with E-state index in [2.05, 4.69) is 15.5 Å². The summed E-state index contributed by atoms with van der Waals surface area (Å²) in [7, 11) is 0. The molecule has 1 N–H and O–H groups in total. The first-order chi connectivity index (χ1) is 13.0. The molecule has 7 heteroatoms. The van der Waals surface area contributed by atoms with Crippen molar-refractivity contribution < 1.29 is 4.79 Å². The van der Waals surface area contributed by atoms with E-state index in [0.29, 0.717) is 11.4 Å². The molecule has 0 bridgehead atoms. The second-order valence-corrected chi connectivity index (χ2v) is 7.53. The van der Waals surface area contributed by atoms with E-state index in [-0.39, 0.29) is 11.7 Å². The third-order valence-corrected chi connectivity index (χ3v) is 5.27. The smallest absolute Gasteiger partial charge is 0.234 e. The number of carbonyl (C=O) groups is 1. The molecule has 140 valence electrons. The molecule has 27 heavy (non-hydrogen) atoms. The molecule has 3 aromatic rings. The first-order valence-electron chi connectivity index (χ1n) is 8.71. The van der Waals surface area contributed by atoms with Gasteiger partial charge in [-0.2, -0.15) is 0 Å². The molecule has 0 saturated carbocycles. The van der Waals surface area contributed by atoms with Crippen LogP contribution >= 0.6 is 23.4 Å². The lowest BCUT2D eigenvalue weighted by Gasteiger charge is -2.08. The van der Waals surface area contributed by atoms with Gasteiger partial charge in [-0.05, 0) is 43.7 Å². The topological polar surface area (TPSA) is 59.8 Å². The number of halogens is 1. The lowest BCUT2D eigenvalue weighted by Crippen LogP contribution is -2.14. The van der Waals surface area contributed by atoms with Gasteiger partial charge >= 0.3 is 0 Å². The quantitative estimate of drug-likeness (QED) is 0.589. The minimum atomic E-state index is -0.0613. The van der Waals surface area contributed by atoms with Gasteiger partial charge in [-0.1, -0.05) is 53.2 Å². The molecule has 1 aromatic heterocycles. The van der Waals surface area contributed by atoms with Gasteiger partial charge in [0.1, 0.15) is 5.82 Å². The monoisotopic (exact) mass is 400 g/mol. The van der Waals surface area contributed by atoms with Crippen LogP contribution < -0.4 is 5.32 Å². The summed E-state index contributed by atoms with van der Waals surface area (Å²) in [6.45, 7) is 4.81. The van der Waals surface area contributed by atoms with Crippen LogP contribution in [0.15, 0.2) is 53.7 Å². The zero-order valence-corrected chi connectivity index (χ0v) is 16.8. The second-order valence-electron chi connectivity index (χ2n) is 6.15. The molecule has 0 radical (unpaired) electrons. The van der Waals surface area contributed by atoms with Crippen LogP contribution in [-0.2, 0) is 17.8 Å². The van der Waals surface area contributed by atoms with E-state index in [9.17, 15) is 4.79 Å². The molecular formula is C20H21ClN4OS. The van der Waals surface area contributed by atoms with Gasteiger partial charge in [0.15, 0.2) is 5.16 Å². The Hall–Kier alpha value is -2.31. The number of rotatable bonds is 7. The van der Waals surface area contributed by atoms with Crippen molar-refractivity contribution in [3.05, 3.63) is 70.5 Å². The molecule has 0 atom stereocenters. The molecule has 0 saturated heterocycles. The van der Waals surface area contributed by atoms with Gasteiger partial charge in [0.2, 0.25) is 5.91 Å². The maximum atomic E-state index is 12.2. The van der Waals surface area contributed by atoms with Gasteiger partial charge in [-0.3, -0.25) is 4.79 Å². The van der Waals surface area contributed by atoms with Crippen LogP contribution in [0, 0.1) is 6.92 Å². The van der Waals surface area contributed by atoms with Crippen molar-refractivity contribution in [2.75, 3.05) is 11.1 Å². The number of hydrogen-bond acceptors (Lipinski definition) is 4. The van der Waals surface area contributed by atoms with Crippen LogP contribution in [0.1, 0.15) is 23.9 Å². The lowest BCUT2D eigenvalue weighted by atomic mass is 10.1. The van der Waals surface area contributed by atoms with Crippen molar-refractivity contribution in [1.29, 1.82) is 0 Å². The molecular weight excluding hydrogens is 380 g/mol. The average molecular weight is 401 g/mol. The van der Waals surface area contributed by atoms with E-state index in [1.165, 1.54) is 11.8 Å². The van der Waals surface area contributed by atoms with E-state index >= 15 is 0 Å². The van der Waals surface area contributed by atoms with Crippen LogP contribution in [0.25, 0.3) is 0 Å². The van der Waals surface area contributed by atoms with Crippen molar-refractivity contribution in [3.8, 4) is 0 Å². The van der Waals surface area contributed by atoms with Crippen molar-refractivity contribution >= 4 is 35.0 Å². The number of aromatic nitrogens is 3. The Bertz CT molecular complexity index is 907. The summed E-state index contributed by atoms with van der Waals surface area (Å²) in [6.07, 6.45) is 0.675. The van der Waals surface area contributed by atoms with Crippen molar-refractivity contribution in [2.45, 2.75) is 32.0 Å². The Morgan fingerprint density at radius 2 is 1.81 bits per heavy atom. The highest BCUT2D eigenvalue weighted by molar-refractivity contribution is 7.99. The third kappa shape index (κ3) is 5.34. The van der Waals surface area contributed by atoms with Gasteiger partial charge in [-0.25, -0.2) is 0 Å². The molecule has 1 amide bonds. The highest BCUT2D eigenvalue weighted by Gasteiger charge is 2.13. The molecule has 5 nitrogen and oxygen atoms in total. The van der Waals surface area contributed by atoms with E-state index in [1.54, 1.807) is 0 Å². The van der Waals surface area contributed by atoms with Crippen molar-refractivity contribution in [1.82, 2.24) is 14.8 Å². The van der Waals surface area contributed by atoms with E-state index < -0.39 is 0 Å². The van der Waals surface area contributed by atoms with Crippen LogP contribution in [0.2, 0.25) is 5.02 Å². The van der Waals surface area contributed by atoms with Gasteiger partial charge < -0.3 is 9.88 Å². The number of carbonyl (C=O) groups excluding carboxylic acids is 1. The predicted octanol–water partition coefficient (Wildman–Crippen LogP) is 4.58. The number of nitrogens with zero attached hydrogens (tertiary/aromatic N) is 3. The maximum absolute atomic E-state index is 12.2. The zero-order chi connectivity index (χ0) is 19.2. The fourth-order valence-electron chi connectivity index (χ4n) is 2.62. The van der Waals surface area contributed by atoms with E-state index in [4.69, 9.17) is 11.6 Å². The number of nitrogens with one attached hydrogen (secondary N) is 1. The van der Waals surface area contributed by atoms with Gasteiger partial charge in [-0.15, -0.1) is 10.2 Å². The van der Waals surface area contributed by atoms with Gasteiger partial charge in [0.25, 0.3) is 0 Å². The summed E-state index contributed by atoms with van der Waals surface area (Å²) in [5, 5.41) is 12.9. The standard InChI is InChI=1S/C20H21ClN4OS/c1-3-25-18(12-15-6-8-16(21)9-7-15)23-24-20(25)27-13-19(26)22-17-10-4-14(2)5-11-17/h4-11H,3,12-13H2,1-2H3,(H,22,26). The highest BCUT2D eigenvalue weighted by atomic mass is 35.5. The van der Waals surface area contributed by atoms with Gasteiger partial charge in [0, 0.05) is 23.7 Å². The molecule has 1 heterocycles. The first kappa shape index (κ1) is 19.5. The number of amides is 1. The number of thioether (sulfide) groups is 1. The number of anilines is 1. The first-order valence-corrected chi connectivity index (χ1v) is 10.1. The summed E-state index contributed by atoms with van der Waals surface area (Å²) < 4.78 is 2.04. The van der Waals surface area contributed by atoms with Crippen LogP contribution in [0.3, 0.4) is 0 Å². The molecule has 0 fully saturated rings.